The van der Waals surface area contributed by atoms with Gasteiger partial charge in [0.15, 0.2) is 5.67 Å². The van der Waals surface area contributed by atoms with Gasteiger partial charge in [0, 0.05) is 14.1 Å². The minimum absolute atomic E-state index is 0.271. The Balaban J connectivity index is 3.00. The number of rotatable bonds is 3. The number of hydrogen-bond acceptors (Lipinski definition) is 2. The van der Waals surface area contributed by atoms with E-state index in [0.29, 0.717) is 0 Å². The number of nitrogens with zero attached hydrogens (tertiary/aromatic N) is 1. The molecule has 0 radical (unpaired) electrons. The van der Waals surface area contributed by atoms with Crippen molar-refractivity contribution in [2.45, 2.75) is 24.5 Å². The van der Waals surface area contributed by atoms with Gasteiger partial charge in [-0.3, -0.25) is 9.59 Å². The first kappa shape index (κ1) is 15.7. The Bertz CT molecular complexity index is 440. The molecule has 4 nitrogen and oxygen atoms in total. The number of carbonyl (C=O) groups is 2. The van der Waals surface area contributed by atoms with Crippen LogP contribution in [-0.4, -0.2) is 41.5 Å². The van der Waals surface area contributed by atoms with Gasteiger partial charge >= 0.3 is 0 Å². The van der Waals surface area contributed by atoms with Crippen LogP contribution in [0.25, 0.3) is 0 Å². The van der Waals surface area contributed by atoms with E-state index < -0.39 is 22.5 Å². The van der Waals surface area contributed by atoms with Crippen LogP contribution in [0.3, 0.4) is 0 Å². The molecule has 1 rings (SSSR count). The van der Waals surface area contributed by atoms with E-state index >= 15 is 0 Å². The quantitative estimate of drug-likeness (QED) is 0.634. The fourth-order valence-corrected chi connectivity index (χ4v) is 1.92. The summed E-state index contributed by atoms with van der Waals surface area (Å²) in [5, 5.41) is 2.39. The molecule has 0 bridgehead atoms. The van der Waals surface area contributed by atoms with Crippen molar-refractivity contribution in [3.05, 3.63) is 24.3 Å². The Kier molecular flexibility index (Phi) is 4.40. The maximum atomic E-state index is 13.6. The molecule has 0 spiro atoms. The van der Waals surface area contributed by atoms with Crippen LogP contribution >= 0.6 is 11.6 Å². The lowest BCUT2D eigenvalue weighted by Gasteiger charge is -2.35. The first-order valence-corrected chi connectivity index (χ1v) is 6.23. The number of hydrogen-bond donors (Lipinski definition) is 1. The molecule has 0 aromatic carbocycles. The van der Waals surface area contributed by atoms with Gasteiger partial charge in [0.05, 0.1) is 5.92 Å². The van der Waals surface area contributed by atoms with Gasteiger partial charge in [-0.15, -0.1) is 0 Å². The second-order valence-electron chi connectivity index (χ2n) is 5.15. The molecule has 6 heteroatoms. The van der Waals surface area contributed by atoms with Crippen LogP contribution in [0.15, 0.2) is 24.3 Å². The van der Waals surface area contributed by atoms with Crippen LogP contribution in [-0.2, 0) is 9.59 Å². The lowest BCUT2D eigenvalue weighted by Crippen LogP contribution is -2.56. The normalized spacial score (nSPS) is 26.1. The molecule has 1 aliphatic carbocycles. The smallest absolute Gasteiger partial charge is 0.258 e. The molecule has 0 saturated carbocycles. The molecule has 0 aromatic rings. The monoisotopic (exact) mass is 288 g/mol. The SMILES string of the molecule is CN(C)C(=O)C1C=CC=CC1(Cl)NC(=O)C(C)(C)F. The van der Waals surface area contributed by atoms with Crippen molar-refractivity contribution >= 4 is 23.4 Å². The molecule has 2 atom stereocenters. The van der Waals surface area contributed by atoms with Crippen molar-refractivity contribution in [3.63, 3.8) is 0 Å². The summed E-state index contributed by atoms with van der Waals surface area (Å²) in [4.78, 5) is 23.7. The number of alkyl halides is 2. The van der Waals surface area contributed by atoms with Crippen LogP contribution in [0, 0.1) is 5.92 Å². The van der Waals surface area contributed by atoms with E-state index in [2.05, 4.69) is 5.32 Å². The minimum atomic E-state index is -2.07. The molecule has 0 aromatic heterocycles. The predicted molar refractivity (Wildman–Crippen MR) is 72.4 cm³/mol. The van der Waals surface area contributed by atoms with Gasteiger partial charge < -0.3 is 10.2 Å². The van der Waals surface area contributed by atoms with E-state index in [1.165, 1.54) is 11.0 Å². The second-order valence-corrected chi connectivity index (χ2v) is 5.77. The van der Waals surface area contributed by atoms with E-state index in [4.69, 9.17) is 11.6 Å². The fourth-order valence-electron chi connectivity index (χ4n) is 1.60. The van der Waals surface area contributed by atoms with Crippen LogP contribution in [0.2, 0.25) is 0 Å². The lowest BCUT2D eigenvalue weighted by molar-refractivity contribution is -0.135. The maximum Gasteiger partial charge on any atom is 0.258 e. The molecular formula is C13H18ClFN2O2. The molecular weight excluding hydrogens is 271 g/mol. The van der Waals surface area contributed by atoms with Crippen LogP contribution < -0.4 is 5.32 Å². The summed E-state index contributed by atoms with van der Waals surface area (Å²) in [6.07, 6.45) is 6.34. The van der Waals surface area contributed by atoms with Crippen molar-refractivity contribution in [1.82, 2.24) is 10.2 Å². The molecule has 2 amide bonds. The number of nitrogens with one attached hydrogen (secondary N) is 1. The highest BCUT2D eigenvalue weighted by molar-refractivity contribution is 6.28. The third kappa shape index (κ3) is 3.56. The summed E-state index contributed by atoms with van der Waals surface area (Å²) in [6.45, 7) is 2.27. The van der Waals surface area contributed by atoms with Gasteiger partial charge in [-0.25, -0.2) is 4.39 Å². The zero-order valence-electron chi connectivity index (χ0n) is 11.4. The van der Waals surface area contributed by atoms with E-state index in [9.17, 15) is 14.0 Å². The van der Waals surface area contributed by atoms with Crippen molar-refractivity contribution < 1.29 is 14.0 Å². The van der Waals surface area contributed by atoms with Crippen LogP contribution in [0.1, 0.15) is 13.8 Å². The van der Waals surface area contributed by atoms with Gasteiger partial charge in [-0.2, -0.15) is 0 Å². The summed E-state index contributed by atoms with van der Waals surface area (Å²) in [7, 11) is 3.18. The molecule has 1 N–H and O–H groups in total. The number of carbonyl (C=O) groups excluding carboxylic acids is 2. The van der Waals surface area contributed by atoms with Gasteiger partial charge in [0.1, 0.15) is 5.00 Å². The third-order valence-electron chi connectivity index (χ3n) is 2.76. The second kappa shape index (κ2) is 5.33. The third-order valence-corrected chi connectivity index (χ3v) is 3.21. The molecule has 19 heavy (non-hydrogen) atoms. The molecule has 0 saturated heterocycles. The Labute approximate surface area is 117 Å². The topological polar surface area (TPSA) is 49.4 Å². The van der Waals surface area contributed by atoms with E-state index in [1.54, 1.807) is 32.3 Å². The summed E-state index contributed by atoms with van der Waals surface area (Å²) in [5.74, 6) is -1.91. The maximum absolute atomic E-state index is 13.6. The Morgan fingerprint density at radius 3 is 2.42 bits per heavy atom. The van der Waals surface area contributed by atoms with E-state index in [0.717, 1.165) is 13.8 Å². The Hall–Kier alpha value is -1.36. The molecule has 106 valence electrons. The summed E-state index contributed by atoms with van der Waals surface area (Å²) in [6, 6.07) is 0. The number of amides is 2. The largest absolute Gasteiger partial charge is 0.348 e. The first-order chi connectivity index (χ1) is 8.58. The van der Waals surface area contributed by atoms with Gasteiger partial charge in [0.25, 0.3) is 5.91 Å². The number of allylic oxidation sites excluding steroid dienone is 2. The minimum Gasteiger partial charge on any atom is -0.348 e. The predicted octanol–water partition coefficient (Wildman–Crippen LogP) is 1.62. The van der Waals surface area contributed by atoms with Crippen molar-refractivity contribution in [3.8, 4) is 0 Å². The molecule has 0 aliphatic heterocycles. The van der Waals surface area contributed by atoms with E-state index in [1.807, 2.05) is 0 Å². The molecule has 2 unspecified atom stereocenters. The number of halogens is 2. The molecule has 1 aliphatic rings. The average Bonchev–Trinajstić information content (AvgIpc) is 2.26. The molecule has 0 fully saturated rings. The highest BCUT2D eigenvalue weighted by atomic mass is 35.5. The average molecular weight is 289 g/mol. The molecule has 0 heterocycles. The first-order valence-electron chi connectivity index (χ1n) is 5.85. The van der Waals surface area contributed by atoms with Gasteiger partial charge in [-0.1, -0.05) is 29.8 Å². The Morgan fingerprint density at radius 1 is 1.37 bits per heavy atom. The Morgan fingerprint density at radius 2 is 1.95 bits per heavy atom. The van der Waals surface area contributed by atoms with Crippen molar-refractivity contribution in [1.29, 1.82) is 0 Å². The van der Waals surface area contributed by atoms with Gasteiger partial charge in [-0.05, 0) is 19.9 Å². The standard InChI is InChI=1S/C13H18ClFN2O2/c1-12(2,15)11(19)16-13(14)8-6-5-7-9(13)10(18)17(3)4/h5-9H,1-4H3,(H,16,19). The fraction of sp³-hybridized carbons (Fsp3) is 0.538. The van der Waals surface area contributed by atoms with Crippen molar-refractivity contribution in [2.75, 3.05) is 14.1 Å². The highest BCUT2D eigenvalue weighted by Gasteiger charge is 2.43. The van der Waals surface area contributed by atoms with Crippen molar-refractivity contribution in [2.24, 2.45) is 5.92 Å². The zero-order valence-corrected chi connectivity index (χ0v) is 12.2. The van der Waals surface area contributed by atoms with Gasteiger partial charge in [0.2, 0.25) is 5.91 Å². The summed E-state index contributed by atoms with van der Waals surface area (Å²) in [5.41, 5.74) is -2.07. The summed E-state index contributed by atoms with van der Waals surface area (Å²) >= 11 is 6.30. The summed E-state index contributed by atoms with van der Waals surface area (Å²) < 4.78 is 13.6. The van der Waals surface area contributed by atoms with E-state index in [-0.39, 0.29) is 5.91 Å². The highest BCUT2D eigenvalue weighted by Crippen LogP contribution is 2.31. The lowest BCUT2D eigenvalue weighted by atomic mass is 9.92. The zero-order chi connectivity index (χ0) is 14.8. The van der Waals surface area contributed by atoms with Crippen LogP contribution in [0.4, 0.5) is 4.39 Å². The van der Waals surface area contributed by atoms with Crippen LogP contribution in [0.5, 0.6) is 0 Å².